The number of amides is 3. The van der Waals surface area contributed by atoms with Crippen LogP contribution in [0.2, 0.25) is 0 Å². The Bertz CT molecular complexity index is 1600. The number of fused-ring (bicyclic) bond motifs is 1. The number of nitrogens with one attached hydrogen (secondary N) is 2. The minimum absolute atomic E-state index is 0.0414. The Balaban J connectivity index is 1.06. The van der Waals surface area contributed by atoms with Gasteiger partial charge < -0.3 is 5.32 Å². The number of rotatable bonds is 8. The van der Waals surface area contributed by atoms with Crippen molar-refractivity contribution in [3.05, 3.63) is 64.6 Å². The Labute approximate surface area is 262 Å². The first kappa shape index (κ1) is 30.6. The van der Waals surface area contributed by atoms with Gasteiger partial charge in [0.1, 0.15) is 6.04 Å². The zero-order valence-electron chi connectivity index (χ0n) is 25.6. The summed E-state index contributed by atoms with van der Waals surface area (Å²) in [4.78, 5) is 53.3. The maximum atomic E-state index is 13.8. The van der Waals surface area contributed by atoms with Gasteiger partial charge in [0.05, 0.1) is 17.6 Å². The average molecular weight is 619 g/mol. The molecule has 4 heterocycles. The normalized spacial score (nSPS) is 21.8. The third-order valence-corrected chi connectivity index (χ3v) is 10.7. The van der Waals surface area contributed by atoms with Crippen LogP contribution in [0.4, 0.5) is 5.69 Å². The zero-order chi connectivity index (χ0) is 30.8. The van der Waals surface area contributed by atoms with Gasteiger partial charge in [0, 0.05) is 49.1 Å². The number of nitrogens with zero attached hydrogens (tertiary/aromatic N) is 4. The Morgan fingerprint density at radius 1 is 0.955 bits per heavy atom. The van der Waals surface area contributed by atoms with Crippen LogP contribution in [0.5, 0.6) is 0 Å². The number of carbonyl (C=O) groups excluding carboxylic acids is 3. The molecule has 1 atom stereocenters. The van der Waals surface area contributed by atoms with E-state index in [2.05, 4.69) is 45.8 Å². The molecule has 234 valence electrons. The van der Waals surface area contributed by atoms with Crippen molar-refractivity contribution in [3.63, 3.8) is 0 Å². The van der Waals surface area contributed by atoms with E-state index in [4.69, 9.17) is 0 Å². The van der Waals surface area contributed by atoms with Crippen molar-refractivity contribution in [2.75, 3.05) is 31.5 Å². The number of benzene rings is 2. The highest BCUT2D eigenvalue weighted by Crippen LogP contribution is 2.35. The number of piperidine rings is 3. The van der Waals surface area contributed by atoms with Crippen LogP contribution < -0.4 is 16.3 Å². The summed E-state index contributed by atoms with van der Waals surface area (Å²) < 4.78 is 5.87. The monoisotopic (exact) mass is 618 g/mol. The van der Waals surface area contributed by atoms with Crippen molar-refractivity contribution in [1.82, 2.24) is 23.7 Å². The number of hydrogen-bond acceptors (Lipinski definition) is 7. The average Bonchev–Trinajstić information content (AvgIpc) is 3.28. The highest BCUT2D eigenvalue weighted by molar-refractivity contribution is 7.96. The molecule has 3 aliphatic rings. The number of imide groups is 1. The molecule has 0 aliphatic carbocycles. The second-order valence-electron chi connectivity index (χ2n) is 12.9. The van der Waals surface area contributed by atoms with Gasteiger partial charge in [-0.3, -0.25) is 33.7 Å². The van der Waals surface area contributed by atoms with Crippen LogP contribution in [0.25, 0.3) is 11.0 Å². The molecule has 10 nitrogen and oxygen atoms in total. The Kier molecular flexibility index (Phi) is 8.98. The second kappa shape index (κ2) is 12.9. The van der Waals surface area contributed by atoms with Crippen LogP contribution in [0.15, 0.2) is 53.3 Å². The van der Waals surface area contributed by atoms with Crippen molar-refractivity contribution in [2.24, 2.45) is 0 Å². The van der Waals surface area contributed by atoms with Crippen molar-refractivity contribution in [1.29, 1.82) is 0 Å². The molecule has 1 unspecified atom stereocenters. The first-order valence-corrected chi connectivity index (χ1v) is 16.7. The topological polar surface area (TPSA) is 109 Å². The summed E-state index contributed by atoms with van der Waals surface area (Å²) >= 11 is 1.88. The van der Waals surface area contributed by atoms with Gasteiger partial charge in [-0.1, -0.05) is 42.6 Å². The molecule has 3 saturated heterocycles. The lowest BCUT2D eigenvalue weighted by Crippen LogP contribution is -2.45. The highest BCUT2D eigenvalue weighted by Gasteiger charge is 2.34. The van der Waals surface area contributed by atoms with Gasteiger partial charge in [0.2, 0.25) is 17.7 Å². The number of hydrogen-bond donors (Lipinski definition) is 2. The molecule has 1 aromatic heterocycles. The van der Waals surface area contributed by atoms with Crippen LogP contribution in [-0.2, 0) is 20.1 Å². The van der Waals surface area contributed by atoms with E-state index < -0.39 is 11.9 Å². The molecular weight excluding hydrogens is 576 g/mol. The quantitative estimate of drug-likeness (QED) is 0.283. The van der Waals surface area contributed by atoms with Crippen LogP contribution in [0, 0.1) is 0 Å². The zero-order valence-corrected chi connectivity index (χ0v) is 26.4. The van der Waals surface area contributed by atoms with E-state index in [1.165, 1.54) is 24.8 Å². The minimum Gasteiger partial charge on any atom is -0.325 e. The summed E-state index contributed by atoms with van der Waals surface area (Å²) in [5.41, 5.74) is 3.49. The van der Waals surface area contributed by atoms with Gasteiger partial charge in [0.15, 0.2) is 0 Å². The minimum atomic E-state index is -0.705. The largest absolute Gasteiger partial charge is 0.330 e. The third-order valence-electron chi connectivity index (χ3n) is 9.30. The van der Waals surface area contributed by atoms with Crippen molar-refractivity contribution >= 4 is 46.4 Å². The van der Waals surface area contributed by atoms with Gasteiger partial charge in [0.25, 0.3) is 0 Å². The van der Waals surface area contributed by atoms with E-state index in [1.54, 1.807) is 4.57 Å². The molecule has 3 aliphatic heterocycles. The first-order valence-electron chi connectivity index (χ1n) is 15.8. The van der Waals surface area contributed by atoms with Crippen molar-refractivity contribution < 1.29 is 14.4 Å². The van der Waals surface area contributed by atoms with E-state index in [9.17, 15) is 19.2 Å². The van der Waals surface area contributed by atoms with E-state index in [0.29, 0.717) is 31.6 Å². The lowest BCUT2D eigenvalue weighted by molar-refractivity contribution is -0.135. The fraction of sp³-hybridized carbons (Fsp3) is 0.515. The molecule has 11 heteroatoms. The SMILES string of the molecule is CC1(C)CCCCN1SCc1cccc(NC(=O)CN2CCC(n3c(=O)n(C4CCC(=O)NC4=O)c4ccccc43)CC2)c1. The molecule has 44 heavy (non-hydrogen) atoms. The van der Waals surface area contributed by atoms with Crippen molar-refractivity contribution in [2.45, 2.75) is 82.2 Å². The summed E-state index contributed by atoms with van der Waals surface area (Å²) in [5.74, 6) is 0.0995. The number of likely N-dealkylation sites (tertiary alicyclic amines) is 1. The number of carbonyl (C=O) groups is 3. The summed E-state index contributed by atoms with van der Waals surface area (Å²) in [7, 11) is 0. The van der Waals surface area contributed by atoms with E-state index in [0.717, 1.165) is 36.3 Å². The summed E-state index contributed by atoms with van der Waals surface area (Å²) in [5, 5.41) is 5.46. The lowest BCUT2D eigenvalue weighted by Gasteiger charge is -2.41. The maximum Gasteiger partial charge on any atom is 0.330 e. The fourth-order valence-electron chi connectivity index (χ4n) is 6.89. The molecule has 2 N–H and O–H groups in total. The van der Waals surface area contributed by atoms with Crippen LogP contribution in [0.1, 0.15) is 76.4 Å². The highest BCUT2D eigenvalue weighted by atomic mass is 32.2. The summed E-state index contributed by atoms with van der Waals surface area (Å²) in [6.07, 6.45) is 5.71. The Hall–Kier alpha value is -3.41. The van der Waals surface area contributed by atoms with E-state index in [1.807, 2.05) is 52.9 Å². The molecular formula is C33H42N6O4S. The van der Waals surface area contributed by atoms with Crippen molar-refractivity contribution in [3.8, 4) is 0 Å². The Morgan fingerprint density at radius 2 is 1.70 bits per heavy atom. The van der Waals surface area contributed by atoms with Gasteiger partial charge in [-0.05, 0) is 75.8 Å². The van der Waals surface area contributed by atoms with E-state index >= 15 is 0 Å². The molecule has 2 aromatic carbocycles. The summed E-state index contributed by atoms with van der Waals surface area (Å²) in [6, 6.07) is 14.9. The van der Waals surface area contributed by atoms with Gasteiger partial charge in [-0.2, -0.15) is 0 Å². The molecule has 3 aromatic rings. The van der Waals surface area contributed by atoms with Gasteiger partial charge in [-0.15, -0.1) is 0 Å². The maximum absolute atomic E-state index is 13.8. The van der Waals surface area contributed by atoms with Crippen LogP contribution in [-0.4, -0.2) is 67.8 Å². The van der Waals surface area contributed by atoms with Crippen LogP contribution >= 0.6 is 11.9 Å². The summed E-state index contributed by atoms with van der Waals surface area (Å²) in [6.45, 7) is 7.41. The number of para-hydroxylation sites is 2. The van der Waals surface area contributed by atoms with Gasteiger partial charge in [-0.25, -0.2) is 9.10 Å². The number of aromatic nitrogens is 2. The molecule has 6 rings (SSSR count). The number of anilines is 1. The third kappa shape index (κ3) is 6.50. The number of imidazole rings is 1. The fourth-order valence-corrected chi connectivity index (χ4v) is 8.07. The van der Waals surface area contributed by atoms with Crippen LogP contribution in [0.3, 0.4) is 0 Å². The lowest BCUT2D eigenvalue weighted by atomic mass is 9.93. The molecule has 0 saturated carbocycles. The first-order chi connectivity index (χ1) is 21.2. The smallest absolute Gasteiger partial charge is 0.325 e. The van der Waals surface area contributed by atoms with E-state index in [-0.39, 0.29) is 35.5 Å². The molecule has 3 amide bonds. The second-order valence-corrected chi connectivity index (χ2v) is 13.9. The Morgan fingerprint density at radius 3 is 2.43 bits per heavy atom. The molecule has 0 spiro atoms. The molecule has 0 radical (unpaired) electrons. The van der Waals surface area contributed by atoms with Gasteiger partial charge >= 0.3 is 5.69 Å². The standard InChI is InChI=1S/C33H42N6O4S/c1-33(2)16-5-6-17-37(33)44-22-23-8-7-9-24(20-23)34-30(41)21-36-18-14-25(15-19-36)38-26-10-3-4-11-27(26)39(32(38)43)28-12-13-29(40)35-31(28)42/h3-4,7-11,20,25,28H,5-6,12-19,21-22H2,1-2H3,(H,34,41)(H,35,40,42). The molecule has 3 fully saturated rings. The molecule has 0 bridgehead atoms. The predicted octanol–water partition coefficient (Wildman–Crippen LogP) is 4.47. The predicted molar refractivity (Wildman–Crippen MR) is 173 cm³/mol.